The number of fused-ring (bicyclic) bond motifs is 1. The summed E-state index contributed by atoms with van der Waals surface area (Å²) in [6.45, 7) is 1.11. The summed E-state index contributed by atoms with van der Waals surface area (Å²) in [6, 6.07) is 10.1. The van der Waals surface area contributed by atoms with Gasteiger partial charge in [-0.2, -0.15) is 0 Å². The van der Waals surface area contributed by atoms with E-state index in [1.165, 1.54) is 36.4 Å². The van der Waals surface area contributed by atoms with Crippen LogP contribution >= 0.6 is 0 Å². The number of carbonyl (C=O) groups excluding carboxylic acids is 1. The van der Waals surface area contributed by atoms with Crippen molar-refractivity contribution in [2.75, 3.05) is 25.1 Å². The van der Waals surface area contributed by atoms with Gasteiger partial charge in [-0.25, -0.2) is 17.5 Å². The molecule has 1 aliphatic heterocycles. The molecule has 0 aromatic heterocycles. The number of rotatable bonds is 9. The molecule has 2 aromatic rings. The fourth-order valence-corrected chi connectivity index (χ4v) is 3.91. The Morgan fingerprint density at radius 3 is 2.45 bits per heavy atom. The van der Waals surface area contributed by atoms with E-state index in [4.69, 9.17) is 9.47 Å². The number of anilines is 1. The van der Waals surface area contributed by atoms with Crippen molar-refractivity contribution in [2.24, 2.45) is 0 Å². The summed E-state index contributed by atoms with van der Waals surface area (Å²) in [7, 11) is -3.64. The molecule has 156 valence electrons. The standard InChI is InChI=1S/C20H23FN2O5S/c21-15-5-7-16(8-6-15)23-20(24)4-2-1-3-11-22-29(25,26)17-9-10-18-19(14-17)28-13-12-27-18/h5-10,14,22H,1-4,11-13H2,(H,23,24). The summed E-state index contributed by atoms with van der Waals surface area (Å²) in [5.74, 6) is 0.440. The molecule has 0 aliphatic carbocycles. The van der Waals surface area contributed by atoms with Crippen molar-refractivity contribution >= 4 is 21.6 Å². The number of nitrogens with one attached hydrogen (secondary N) is 2. The molecule has 9 heteroatoms. The third kappa shape index (κ3) is 6.16. The highest BCUT2D eigenvalue weighted by Gasteiger charge is 2.18. The van der Waals surface area contributed by atoms with Gasteiger partial charge >= 0.3 is 0 Å². The van der Waals surface area contributed by atoms with Crippen LogP contribution in [0.15, 0.2) is 47.4 Å². The van der Waals surface area contributed by atoms with Gasteiger partial charge in [-0.05, 0) is 49.2 Å². The summed E-state index contributed by atoms with van der Waals surface area (Å²) >= 11 is 0. The third-order valence-electron chi connectivity index (χ3n) is 4.32. The molecule has 0 atom stereocenters. The van der Waals surface area contributed by atoms with E-state index in [0.717, 1.165) is 0 Å². The molecule has 0 bridgehead atoms. The van der Waals surface area contributed by atoms with Crippen LogP contribution in [-0.2, 0) is 14.8 Å². The van der Waals surface area contributed by atoms with Crippen LogP contribution in [0.3, 0.4) is 0 Å². The Labute approximate surface area is 169 Å². The lowest BCUT2D eigenvalue weighted by atomic mass is 10.2. The zero-order valence-electron chi connectivity index (χ0n) is 15.8. The minimum absolute atomic E-state index is 0.125. The van der Waals surface area contributed by atoms with E-state index in [0.29, 0.717) is 56.1 Å². The van der Waals surface area contributed by atoms with E-state index in [1.807, 2.05) is 0 Å². The molecule has 3 rings (SSSR count). The normalized spacial score (nSPS) is 13.1. The Bertz CT molecular complexity index is 948. The lowest BCUT2D eigenvalue weighted by molar-refractivity contribution is -0.116. The van der Waals surface area contributed by atoms with Gasteiger partial charge in [-0.3, -0.25) is 4.79 Å². The molecule has 7 nitrogen and oxygen atoms in total. The van der Waals surface area contributed by atoms with Gasteiger partial charge in [0, 0.05) is 24.7 Å². The maximum atomic E-state index is 12.8. The van der Waals surface area contributed by atoms with Gasteiger partial charge in [-0.1, -0.05) is 6.42 Å². The van der Waals surface area contributed by atoms with Crippen molar-refractivity contribution in [2.45, 2.75) is 30.6 Å². The highest BCUT2D eigenvalue weighted by Crippen LogP contribution is 2.32. The van der Waals surface area contributed by atoms with Crippen molar-refractivity contribution in [1.29, 1.82) is 0 Å². The fraction of sp³-hybridized carbons (Fsp3) is 0.350. The number of ether oxygens (including phenoxy) is 2. The molecule has 0 radical (unpaired) electrons. The zero-order chi connectivity index (χ0) is 20.7. The van der Waals surface area contributed by atoms with Gasteiger partial charge in [0.2, 0.25) is 15.9 Å². The fourth-order valence-electron chi connectivity index (χ4n) is 2.82. The van der Waals surface area contributed by atoms with Gasteiger partial charge < -0.3 is 14.8 Å². The Balaban J connectivity index is 1.36. The maximum absolute atomic E-state index is 12.8. The molecule has 0 spiro atoms. The third-order valence-corrected chi connectivity index (χ3v) is 5.78. The molecular formula is C20H23FN2O5S. The highest BCUT2D eigenvalue weighted by molar-refractivity contribution is 7.89. The van der Waals surface area contributed by atoms with Crippen LogP contribution in [0.1, 0.15) is 25.7 Å². The number of benzene rings is 2. The van der Waals surface area contributed by atoms with Crippen LogP contribution in [-0.4, -0.2) is 34.1 Å². The van der Waals surface area contributed by atoms with Crippen LogP contribution in [0.4, 0.5) is 10.1 Å². The molecule has 2 aromatic carbocycles. The minimum Gasteiger partial charge on any atom is -0.486 e. The SMILES string of the molecule is O=C(CCCCCNS(=O)(=O)c1ccc2c(c1)OCCO2)Nc1ccc(F)cc1. The first-order valence-electron chi connectivity index (χ1n) is 9.39. The lowest BCUT2D eigenvalue weighted by Crippen LogP contribution is -2.25. The number of amides is 1. The average molecular weight is 422 g/mol. The van der Waals surface area contributed by atoms with Crippen LogP contribution in [0.5, 0.6) is 11.5 Å². The van der Waals surface area contributed by atoms with Crippen LogP contribution < -0.4 is 19.5 Å². The molecule has 1 heterocycles. The molecule has 0 fully saturated rings. The number of sulfonamides is 1. The van der Waals surface area contributed by atoms with E-state index in [1.54, 1.807) is 6.07 Å². The number of hydrogen-bond donors (Lipinski definition) is 2. The predicted octanol–water partition coefficient (Wildman–Crippen LogP) is 3.07. The summed E-state index contributed by atoms with van der Waals surface area (Å²) in [5, 5.41) is 2.69. The second-order valence-electron chi connectivity index (χ2n) is 6.57. The van der Waals surface area contributed by atoms with E-state index in [2.05, 4.69) is 10.0 Å². The topological polar surface area (TPSA) is 93.7 Å². The van der Waals surface area contributed by atoms with Crippen LogP contribution in [0, 0.1) is 5.82 Å². The smallest absolute Gasteiger partial charge is 0.240 e. The number of carbonyl (C=O) groups is 1. The van der Waals surface area contributed by atoms with Gasteiger partial charge in [0.05, 0.1) is 4.90 Å². The second kappa shape index (κ2) is 9.71. The summed E-state index contributed by atoms with van der Waals surface area (Å²) in [4.78, 5) is 12.0. The Kier molecular flexibility index (Phi) is 7.05. The molecule has 2 N–H and O–H groups in total. The van der Waals surface area contributed by atoms with Crippen LogP contribution in [0.2, 0.25) is 0 Å². The van der Waals surface area contributed by atoms with Crippen molar-refractivity contribution in [3.63, 3.8) is 0 Å². The molecule has 0 saturated heterocycles. The summed E-state index contributed by atoms with van der Waals surface area (Å²) < 4.78 is 51.0. The van der Waals surface area contributed by atoms with Gasteiger partial charge in [0.1, 0.15) is 19.0 Å². The number of hydrogen-bond acceptors (Lipinski definition) is 5. The first-order valence-corrected chi connectivity index (χ1v) is 10.9. The average Bonchev–Trinajstić information content (AvgIpc) is 2.72. The van der Waals surface area contributed by atoms with E-state index < -0.39 is 10.0 Å². The van der Waals surface area contributed by atoms with E-state index in [-0.39, 0.29) is 23.2 Å². The van der Waals surface area contributed by atoms with E-state index >= 15 is 0 Å². The Morgan fingerprint density at radius 2 is 1.69 bits per heavy atom. The lowest BCUT2D eigenvalue weighted by Gasteiger charge is -2.18. The first kappa shape index (κ1) is 21.1. The van der Waals surface area contributed by atoms with Gasteiger partial charge in [-0.15, -0.1) is 0 Å². The zero-order valence-corrected chi connectivity index (χ0v) is 16.6. The first-order chi connectivity index (χ1) is 13.9. The molecule has 1 amide bonds. The van der Waals surface area contributed by atoms with Crippen molar-refractivity contribution in [3.05, 3.63) is 48.3 Å². The van der Waals surface area contributed by atoms with Gasteiger partial charge in [0.15, 0.2) is 11.5 Å². The summed E-state index contributed by atoms with van der Waals surface area (Å²) in [5.41, 5.74) is 0.545. The summed E-state index contributed by atoms with van der Waals surface area (Å²) in [6.07, 6.45) is 2.24. The molecule has 29 heavy (non-hydrogen) atoms. The largest absolute Gasteiger partial charge is 0.486 e. The quantitative estimate of drug-likeness (QED) is 0.606. The number of unbranched alkanes of at least 4 members (excludes halogenated alkanes) is 2. The monoisotopic (exact) mass is 422 g/mol. The Hall–Kier alpha value is -2.65. The van der Waals surface area contributed by atoms with Gasteiger partial charge in [0.25, 0.3) is 0 Å². The molecule has 1 aliphatic rings. The van der Waals surface area contributed by atoms with Crippen molar-refractivity contribution in [3.8, 4) is 11.5 Å². The molecule has 0 saturated carbocycles. The second-order valence-corrected chi connectivity index (χ2v) is 8.34. The van der Waals surface area contributed by atoms with Crippen molar-refractivity contribution < 1.29 is 27.1 Å². The molecular weight excluding hydrogens is 399 g/mol. The number of halogens is 1. The van der Waals surface area contributed by atoms with E-state index in [9.17, 15) is 17.6 Å². The Morgan fingerprint density at radius 1 is 0.966 bits per heavy atom. The minimum atomic E-state index is -3.64. The molecule has 0 unspecified atom stereocenters. The van der Waals surface area contributed by atoms with Crippen LogP contribution in [0.25, 0.3) is 0 Å². The maximum Gasteiger partial charge on any atom is 0.240 e. The van der Waals surface area contributed by atoms with Crippen molar-refractivity contribution in [1.82, 2.24) is 4.72 Å². The predicted molar refractivity (Wildman–Crippen MR) is 106 cm³/mol. The highest BCUT2D eigenvalue weighted by atomic mass is 32.2.